The van der Waals surface area contributed by atoms with Crippen molar-refractivity contribution in [2.45, 2.75) is 12.4 Å². The lowest BCUT2D eigenvalue weighted by Gasteiger charge is -2.20. The second-order valence-corrected chi connectivity index (χ2v) is 6.43. The predicted octanol–water partition coefficient (Wildman–Crippen LogP) is 5.59. The summed E-state index contributed by atoms with van der Waals surface area (Å²) in [5, 5.41) is 0. The average molecular weight is 404 g/mol. The Morgan fingerprint density at radius 3 is 2.32 bits per heavy atom. The first-order valence-electron chi connectivity index (χ1n) is 5.90. The van der Waals surface area contributed by atoms with E-state index in [1.807, 2.05) is 0 Å². The largest absolute Gasteiger partial charge is 0.370 e. The Balaban J connectivity index is 2.13. The summed E-state index contributed by atoms with van der Waals surface area (Å²) in [4.78, 5) is 2.21. The predicted molar refractivity (Wildman–Crippen MR) is 89.9 cm³/mol. The minimum atomic E-state index is 0.525. The van der Waals surface area contributed by atoms with Gasteiger partial charge in [-0.2, -0.15) is 0 Å². The number of hydrogen-bond donors (Lipinski definition) is 0. The standard InChI is InChI=1S/C15H14Br2ClN/c1-19(10-11-2-5-13(16)6-3-11)14-7-4-12(9-18)15(17)8-14/h2-8H,9-10H2,1H3. The van der Waals surface area contributed by atoms with Gasteiger partial charge in [0.15, 0.2) is 0 Å². The van der Waals surface area contributed by atoms with Crippen molar-refractivity contribution in [3.63, 3.8) is 0 Å². The summed E-state index contributed by atoms with van der Waals surface area (Å²) in [6.07, 6.45) is 0. The topological polar surface area (TPSA) is 3.24 Å². The number of alkyl halides is 1. The van der Waals surface area contributed by atoms with Gasteiger partial charge in [0, 0.05) is 34.1 Å². The molecule has 2 aromatic carbocycles. The lowest BCUT2D eigenvalue weighted by molar-refractivity contribution is 0.921. The van der Waals surface area contributed by atoms with Crippen molar-refractivity contribution in [2.24, 2.45) is 0 Å². The molecular formula is C15H14Br2ClN. The van der Waals surface area contributed by atoms with E-state index < -0.39 is 0 Å². The van der Waals surface area contributed by atoms with E-state index in [0.29, 0.717) is 5.88 Å². The second-order valence-electron chi connectivity index (χ2n) is 4.39. The maximum Gasteiger partial charge on any atom is 0.0485 e. The highest BCUT2D eigenvalue weighted by molar-refractivity contribution is 9.10. The van der Waals surface area contributed by atoms with Gasteiger partial charge >= 0.3 is 0 Å². The van der Waals surface area contributed by atoms with Gasteiger partial charge in [-0.25, -0.2) is 0 Å². The third-order valence-corrected chi connectivity index (χ3v) is 4.51. The summed E-state index contributed by atoms with van der Waals surface area (Å²) in [7, 11) is 2.09. The second kappa shape index (κ2) is 6.78. The maximum absolute atomic E-state index is 5.86. The molecule has 0 heterocycles. The van der Waals surface area contributed by atoms with Crippen molar-refractivity contribution < 1.29 is 0 Å². The third-order valence-electron chi connectivity index (χ3n) is 2.95. The molecule has 0 fully saturated rings. The van der Waals surface area contributed by atoms with Crippen LogP contribution in [0, 0.1) is 0 Å². The molecule has 0 saturated heterocycles. The Hall–Kier alpha value is -0.510. The zero-order valence-corrected chi connectivity index (χ0v) is 14.5. The van der Waals surface area contributed by atoms with E-state index in [9.17, 15) is 0 Å². The van der Waals surface area contributed by atoms with Gasteiger partial charge in [0.2, 0.25) is 0 Å². The molecule has 0 spiro atoms. The number of nitrogens with zero attached hydrogens (tertiary/aromatic N) is 1. The van der Waals surface area contributed by atoms with Crippen molar-refractivity contribution in [1.82, 2.24) is 0 Å². The molecule has 0 saturated carbocycles. The summed E-state index contributed by atoms with van der Waals surface area (Å²) in [6.45, 7) is 0.875. The highest BCUT2D eigenvalue weighted by Gasteiger charge is 2.05. The summed E-state index contributed by atoms with van der Waals surface area (Å²) < 4.78 is 2.16. The van der Waals surface area contributed by atoms with Crippen molar-refractivity contribution in [1.29, 1.82) is 0 Å². The Kier molecular flexibility index (Phi) is 5.31. The van der Waals surface area contributed by atoms with E-state index in [0.717, 1.165) is 21.1 Å². The first-order chi connectivity index (χ1) is 9.10. The maximum atomic E-state index is 5.86. The minimum absolute atomic E-state index is 0.525. The van der Waals surface area contributed by atoms with Gasteiger partial charge in [-0.05, 0) is 35.4 Å². The fourth-order valence-corrected chi connectivity index (χ4v) is 3.00. The van der Waals surface area contributed by atoms with Crippen LogP contribution in [0.25, 0.3) is 0 Å². The monoisotopic (exact) mass is 401 g/mol. The quantitative estimate of drug-likeness (QED) is 0.602. The SMILES string of the molecule is CN(Cc1ccc(Br)cc1)c1ccc(CCl)c(Br)c1. The summed E-state index contributed by atoms with van der Waals surface area (Å²) in [5.41, 5.74) is 3.56. The molecule has 19 heavy (non-hydrogen) atoms. The van der Waals surface area contributed by atoms with E-state index >= 15 is 0 Å². The Labute approximate surface area is 135 Å². The molecule has 0 N–H and O–H groups in total. The van der Waals surface area contributed by atoms with Crippen molar-refractivity contribution in [2.75, 3.05) is 11.9 Å². The van der Waals surface area contributed by atoms with Gasteiger partial charge in [-0.3, -0.25) is 0 Å². The Morgan fingerprint density at radius 1 is 1.05 bits per heavy atom. The van der Waals surface area contributed by atoms with Crippen LogP contribution in [0.4, 0.5) is 5.69 Å². The number of benzene rings is 2. The number of rotatable bonds is 4. The van der Waals surface area contributed by atoms with E-state index in [2.05, 4.69) is 86.3 Å². The van der Waals surface area contributed by atoms with Crippen LogP contribution in [0.1, 0.15) is 11.1 Å². The van der Waals surface area contributed by atoms with E-state index in [-0.39, 0.29) is 0 Å². The lowest BCUT2D eigenvalue weighted by Crippen LogP contribution is -2.16. The van der Waals surface area contributed by atoms with Crippen LogP contribution in [0.15, 0.2) is 51.4 Å². The highest BCUT2D eigenvalue weighted by Crippen LogP contribution is 2.25. The normalized spacial score (nSPS) is 10.5. The molecule has 0 bridgehead atoms. The minimum Gasteiger partial charge on any atom is -0.370 e. The molecule has 0 unspecified atom stereocenters. The van der Waals surface area contributed by atoms with Gasteiger partial charge in [-0.1, -0.05) is 50.1 Å². The molecule has 2 rings (SSSR count). The van der Waals surface area contributed by atoms with Crippen LogP contribution in [0.2, 0.25) is 0 Å². The van der Waals surface area contributed by atoms with Crippen LogP contribution in [0.3, 0.4) is 0 Å². The summed E-state index contributed by atoms with van der Waals surface area (Å²) in [5.74, 6) is 0.525. The van der Waals surface area contributed by atoms with Gasteiger partial charge in [0.1, 0.15) is 0 Å². The molecule has 0 radical (unpaired) electrons. The average Bonchev–Trinajstić information content (AvgIpc) is 2.41. The molecule has 0 aliphatic rings. The van der Waals surface area contributed by atoms with E-state index in [4.69, 9.17) is 11.6 Å². The Morgan fingerprint density at radius 2 is 1.74 bits per heavy atom. The van der Waals surface area contributed by atoms with Crippen LogP contribution < -0.4 is 4.90 Å². The number of anilines is 1. The molecule has 100 valence electrons. The Bertz CT molecular complexity index is 555. The number of halogens is 3. The van der Waals surface area contributed by atoms with Crippen molar-refractivity contribution in [3.8, 4) is 0 Å². The molecule has 4 heteroatoms. The van der Waals surface area contributed by atoms with Gasteiger partial charge in [0.25, 0.3) is 0 Å². The fraction of sp³-hybridized carbons (Fsp3) is 0.200. The smallest absolute Gasteiger partial charge is 0.0485 e. The summed E-state index contributed by atoms with van der Waals surface area (Å²) >= 11 is 12.9. The van der Waals surface area contributed by atoms with Crippen LogP contribution in [0.5, 0.6) is 0 Å². The third kappa shape index (κ3) is 3.98. The molecule has 0 atom stereocenters. The zero-order chi connectivity index (χ0) is 13.8. The zero-order valence-electron chi connectivity index (χ0n) is 10.5. The van der Waals surface area contributed by atoms with Crippen molar-refractivity contribution in [3.05, 3.63) is 62.5 Å². The van der Waals surface area contributed by atoms with Crippen molar-refractivity contribution >= 4 is 49.1 Å². The molecular weight excluding hydrogens is 389 g/mol. The van der Waals surface area contributed by atoms with Crippen LogP contribution in [-0.4, -0.2) is 7.05 Å². The fourth-order valence-electron chi connectivity index (χ4n) is 1.84. The first-order valence-corrected chi connectivity index (χ1v) is 8.02. The van der Waals surface area contributed by atoms with E-state index in [1.165, 1.54) is 11.3 Å². The van der Waals surface area contributed by atoms with Gasteiger partial charge in [0.05, 0.1) is 0 Å². The first kappa shape index (κ1) is 14.9. The van der Waals surface area contributed by atoms with Crippen LogP contribution in [-0.2, 0) is 12.4 Å². The lowest BCUT2D eigenvalue weighted by atomic mass is 10.2. The summed E-state index contributed by atoms with van der Waals surface area (Å²) in [6, 6.07) is 14.7. The van der Waals surface area contributed by atoms with Crippen LogP contribution >= 0.6 is 43.5 Å². The molecule has 1 nitrogen and oxygen atoms in total. The van der Waals surface area contributed by atoms with E-state index in [1.54, 1.807) is 0 Å². The van der Waals surface area contributed by atoms with Gasteiger partial charge < -0.3 is 4.90 Å². The van der Waals surface area contributed by atoms with Gasteiger partial charge in [-0.15, -0.1) is 11.6 Å². The molecule has 2 aromatic rings. The molecule has 0 aliphatic heterocycles. The molecule has 0 amide bonds. The molecule has 0 aliphatic carbocycles. The highest BCUT2D eigenvalue weighted by atomic mass is 79.9. The molecule has 0 aromatic heterocycles. The number of hydrogen-bond acceptors (Lipinski definition) is 1.